The standard InChI is InChI=1S/C17H25N3O/c21-17(10-9-14-6-1-3-11-18-14)20-13-4-2-8-16(20)15-7-5-12-19-15/h1,3,6,11,15-16,19H,2,4-5,7-10,12-13H2. The van der Waals surface area contributed by atoms with Crippen LogP contribution >= 0.6 is 0 Å². The van der Waals surface area contributed by atoms with Crippen LogP contribution in [0.3, 0.4) is 0 Å². The molecule has 1 aromatic heterocycles. The lowest BCUT2D eigenvalue weighted by molar-refractivity contribution is -0.135. The number of aryl methyl sites for hydroxylation is 1. The van der Waals surface area contributed by atoms with Gasteiger partial charge in [-0.2, -0.15) is 0 Å². The topological polar surface area (TPSA) is 45.2 Å². The number of hydrogen-bond acceptors (Lipinski definition) is 3. The molecule has 1 aromatic rings. The van der Waals surface area contributed by atoms with E-state index in [9.17, 15) is 4.79 Å². The van der Waals surface area contributed by atoms with Crippen molar-refractivity contribution in [3.05, 3.63) is 30.1 Å². The summed E-state index contributed by atoms with van der Waals surface area (Å²) < 4.78 is 0. The van der Waals surface area contributed by atoms with Gasteiger partial charge in [-0.05, 0) is 57.2 Å². The summed E-state index contributed by atoms with van der Waals surface area (Å²) in [6.45, 7) is 2.04. The minimum Gasteiger partial charge on any atom is -0.338 e. The molecule has 2 aliphatic heterocycles. The summed E-state index contributed by atoms with van der Waals surface area (Å²) in [4.78, 5) is 19.1. The Balaban J connectivity index is 1.58. The van der Waals surface area contributed by atoms with E-state index < -0.39 is 0 Å². The highest BCUT2D eigenvalue weighted by molar-refractivity contribution is 5.77. The summed E-state index contributed by atoms with van der Waals surface area (Å²) in [6.07, 6.45) is 9.16. The molecule has 1 amide bonds. The van der Waals surface area contributed by atoms with Crippen molar-refractivity contribution < 1.29 is 4.79 Å². The molecule has 0 aliphatic carbocycles. The third kappa shape index (κ3) is 3.62. The number of pyridine rings is 1. The molecule has 3 heterocycles. The predicted molar refractivity (Wildman–Crippen MR) is 82.9 cm³/mol. The molecule has 2 saturated heterocycles. The van der Waals surface area contributed by atoms with Crippen molar-refractivity contribution in [2.75, 3.05) is 13.1 Å². The fourth-order valence-electron chi connectivity index (χ4n) is 3.65. The number of rotatable bonds is 4. The van der Waals surface area contributed by atoms with Crippen molar-refractivity contribution in [2.45, 2.75) is 57.0 Å². The van der Waals surface area contributed by atoms with Gasteiger partial charge in [0.05, 0.1) is 0 Å². The lowest BCUT2D eigenvalue weighted by Crippen LogP contribution is -2.52. The summed E-state index contributed by atoms with van der Waals surface area (Å²) in [5.74, 6) is 0.305. The molecule has 2 fully saturated rings. The monoisotopic (exact) mass is 287 g/mol. The number of carbonyl (C=O) groups excluding carboxylic acids is 1. The van der Waals surface area contributed by atoms with E-state index in [1.54, 1.807) is 6.20 Å². The maximum atomic E-state index is 12.6. The van der Waals surface area contributed by atoms with E-state index in [0.29, 0.717) is 24.4 Å². The normalized spacial score (nSPS) is 26.0. The van der Waals surface area contributed by atoms with E-state index in [1.165, 1.54) is 19.3 Å². The predicted octanol–water partition coefficient (Wildman–Crippen LogP) is 2.15. The zero-order valence-electron chi connectivity index (χ0n) is 12.6. The van der Waals surface area contributed by atoms with Crippen LogP contribution in [-0.4, -0.2) is 41.0 Å². The molecule has 4 heteroatoms. The Morgan fingerprint density at radius 3 is 3.00 bits per heavy atom. The quantitative estimate of drug-likeness (QED) is 0.923. The fraction of sp³-hybridized carbons (Fsp3) is 0.647. The number of nitrogens with zero attached hydrogens (tertiary/aromatic N) is 2. The summed E-state index contributed by atoms with van der Waals surface area (Å²) in [5.41, 5.74) is 1.01. The molecule has 2 atom stereocenters. The van der Waals surface area contributed by atoms with Gasteiger partial charge in [0, 0.05) is 36.9 Å². The molecule has 0 aromatic carbocycles. The van der Waals surface area contributed by atoms with Gasteiger partial charge in [-0.15, -0.1) is 0 Å². The second-order valence-corrected chi connectivity index (χ2v) is 6.17. The number of hydrogen-bond donors (Lipinski definition) is 1. The lowest BCUT2D eigenvalue weighted by atomic mass is 9.94. The van der Waals surface area contributed by atoms with Gasteiger partial charge in [-0.3, -0.25) is 9.78 Å². The fourth-order valence-corrected chi connectivity index (χ4v) is 3.65. The van der Waals surface area contributed by atoms with Crippen molar-refractivity contribution >= 4 is 5.91 Å². The van der Waals surface area contributed by atoms with E-state index in [-0.39, 0.29) is 0 Å². The van der Waals surface area contributed by atoms with Crippen molar-refractivity contribution in [1.29, 1.82) is 0 Å². The molecule has 0 radical (unpaired) electrons. The maximum Gasteiger partial charge on any atom is 0.223 e. The molecule has 0 saturated carbocycles. The molecule has 2 aliphatic rings. The van der Waals surface area contributed by atoms with Gasteiger partial charge in [0.2, 0.25) is 5.91 Å². The van der Waals surface area contributed by atoms with Crippen LogP contribution in [0.5, 0.6) is 0 Å². The molecule has 114 valence electrons. The van der Waals surface area contributed by atoms with E-state index in [0.717, 1.165) is 38.0 Å². The highest BCUT2D eigenvalue weighted by Crippen LogP contribution is 2.25. The molecule has 3 rings (SSSR count). The van der Waals surface area contributed by atoms with Gasteiger partial charge < -0.3 is 10.2 Å². The molecule has 1 N–H and O–H groups in total. The van der Waals surface area contributed by atoms with Gasteiger partial charge in [-0.1, -0.05) is 6.07 Å². The van der Waals surface area contributed by atoms with Crippen LogP contribution in [0, 0.1) is 0 Å². The van der Waals surface area contributed by atoms with E-state index in [1.807, 2.05) is 18.2 Å². The first-order valence-electron chi connectivity index (χ1n) is 8.27. The van der Waals surface area contributed by atoms with Crippen LogP contribution in [0.4, 0.5) is 0 Å². The highest BCUT2D eigenvalue weighted by Gasteiger charge is 2.33. The van der Waals surface area contributed by atoms with Gasteiger partial charge >= 0.3 is 0 Å². The molecular formula is C17H25N3O. The first-order chi connectivity index (χ1) is 10.3. The molecular weight excluding hydrogens is 262 g/mol. The molecule has 0 bridgehead atoms. The van der Waals surface area contributed by atoms with Crippen molar-refractivity contribution in [2.24, 2.45) is 0 Å². The Morgan fingerprint density at radius 2 is 2.24 bits per heavy atom. The van der Waals surface area contributed by atoms with Crippen molar-refractivity contribution in [3.63, 3.8) is 0 Å². The third-order valence-corrected chi connectivity index (χ3v) is 4.75. The highest BCUT2D eigenvalue weighted by atomic mass is 16.2. The average molecular weight is 287 g/mol. The largest absolute Gasteiger partial charge is 0.338 e. The van der Waals surface area contributed by atoms with Gasteiger partial charge in [0.25, 0.3) is 0 Å². The number of amides is 1. The lowest BCUT2D eigenvalue weighted by Gasteiger charge is -2.39. The maximum absolute atomic E-state index is 12.6. The van der Waals surface area contributed by atoms with Crippen LogP contribution in [0.2, 0.25) is 0 Å². The number of piperidine rings is 1. The van der Waals surface area contributed by atoms with Crippen molar-refractivity contribution in [3.8, 4) is 0 Å². The zero-order chi connectivity index (χ0) is 14.5. The Labute approximate surface area is 126 Å². The van der Waals surface area contributed by atoms with Gasteiger partial charge in [-0.25, -0.2) is 0 Å². The summed E-state index contributed by atoms with van der Waals surface area (Å²) in [6, 6.07) is 6.83. The number of carbonyl (C=O) groups is 1. The summed E-state index contributed by atoms with van der Waals surface area (Å²) in [5, 5.41) is 3.58. The first kappa shape index (κ1) is 14.5. The zero-order valence-corrected chi connectivity index (χ0v) is 12.6. The molecule has 2 unspecified atom stereocenters. The van der Waals surface area contributed by atoms with Crippen LogP contribution in [0.25, 0.3) is 0 Å². The van der Waals surface area contributed by atoms with E-state index in [4.69, 9.17) is 0 Å². The Hall–Kier alpha value is -1.42. The Morgan fingerprint density at radius 1 is 1.29 bits per heavy atom. The molecule has 4 nitrogen and oxygen atoms in total. The molecule has 21 heavy (non-hydrogen) atoms. The van der Waals surface area contributed by atoms with E-state index in [2.05, 4.69) is 15.2 Å². The van der Waals surface area contributed by atoms with Crippen LogP contribution in [0.15, 0.2) is 24.4 Å². The smallest absolute Gasteiger partial charge is 0.223 e. The summed E-state index contributed by atoms with van der Waals surface area (Å²) in [7, 11) is 0. The van der Waals surface area contributed by atoms with E-state index >= 15 is 0 Å². The van der Waals surface area contributed by atoms with Crippen LogP contribution in [-0.2, 0) is 11.2 Å². The Kier molecular flexibility index (Phi) is 4.86. The van der Waals surface area contributed by atoms with Crippen LogP contribution < -0.4 is 5.32 Å². The first-order valence-corrected chi connectivity index (χ1v) is 8.27. The third-order valence-electron chi connectivity index (χ3n) is 4.75. The SMILES string of the molecule is O=C(CCc1ccccn1)N1CCCCC1C1CCCN1. The number of aromatic nitrogens is 1. The minimum atomic E-state index is 0.305. The second kappa shape index (κ2) is 7.03. The molecule has 0 spiro atoms. The van der Waals surface area contributed by atoms with Crippen LogP contribution in [0.1, 0.15) is 44.2 Å². The van der Waals surface area contributed by atoms with Gasteiger partial charge in [0.15, 0.2) is 0 Å². The number of likely N-dealkylation sites (tertiary alicyclic amines) is 1. The van der Waals surface area contributed by atoms with Crippen molar-refractivity contribution in [1.82, 2.24) is 15.2 Å². The van der Waals surface area contributed by atoms with Gasteiger partial charge in [0.1, 0.15) is 0 Å². The number of nitrogens with one attached hydrogen (secondary N) is 1. The summed E-state index contributed by atoms with van der Waals surface area (Å²) >= 11 is 0. The second-order valence-electron chi connectivity index (χ2n) is 6.17. The Bertz CT molecular complexity index is 456. The minimum absolute atomic E-state index is 0.305. The average Bonchev–Trinajstić information content (AvgIpc) is 3.08.